The van der Waals surface area contributed by atoms with Crippen molar-refractivity contribution in [1.82, 2.24) is 0 Å². The van der Waals surface area contributed by atoms with Crippen molar-refractivity contribution in [3.05, 3.63) is 53.6 Å². The highest BCUT2D eigenvalue weighted by molar-refractivity contribution is 5.99. The number of anilines is 1. The molecule has 0 bridgehead atoms. The van der Waals surface area contributed by atoms with Crippen molar-refractivity contribution in [1.29, 1.82) is 0 Å². The Morgan fingerprint density at radius 2 is 1.67 bits per heavy atom. The summed E-state index contributed by atoms with van der Waals surface area (Å²) in [5.41, 5.74) is 13.0. The molecule has 4 nitrogen and oxygen atoms in total. The first-order valence-corrected chi connectivity index (χ1v) is 6.76. The van der Waals surface area contributed by atoms with Gasteiger partial charge in [0.2, 0.25) is 0 Å². The Morgan fingerprint density at radius 1 is 1.05 bits per heavy atom. The molecule has 0 saturated carbocycles. The van der Waals surface area contributed by atoms with E-state index in [0.29, 0.717) is 11.5 Å². The standard InChI is InChI=1S/C17H20N2O2/c1-17(2,3)11-7-9-12(10-8-11)21-14-6-4-5-13(15(14)18)16(19)20/h4-10H,18H2,1-3H3,(H2,19,20). The van der Waals surface area contributed by atoms with Crippen LogP contribution in [0.2, 0.25) is 0 Å². The normalized spacial score (nSPS) is 11.2. The molecule has 0 aliphatic heterocycles. The molecule has 0 radical (unpaired) electrons. The summed E-state index contributed by atoms with van der Waals surface area (Å²) in [6.07, 6.45) is 0. The second kappa shape index (κ2) is 5.48. The first kappa shape index (κ1) is 14.9. The Kier molecular flexibility index (Phi) is 3.89. The fraction of sp³-hybridized carbons (Fsp3) is 0.235. The van der Waals surface area contributed by atoms with Gasteiger partial charge in [0.1, 0.15) is 5.75 Å². The number of benzene rings is 2. The summed E-state index contributed by atoms with van der Waals surface area (Å²) in [6.45, 7) is 6.45. The summed E-state index contributed by atoms with van der Waals surface area (Å²) in [6, 6.07) is 12.8. The largest absolute Gasteiger partial charge is 0.455 e. The van der Waals surface area contributed by atoms with Gasteiger partial charge in [-0.2, -0.15) is 0 Å². The average Bonchev–Trinajstić information content (AvgIpc) is 2.40. The molecule has 0 spiro atoms. The Morgan fingerprint density at radius 3 is 2.19 bits per heavy atom. The molecule has 0 fully saturated rings. The molecule has 0 aliphatic carbocycles. The summed E-state index contributed by atoms with van der Waals surface area (Å²) >= 11 is 0. The predicted octanol–water partition coefficient (Wildman–Crippen LogP) is 3.46. The van der Waals surface area contributed by atoms with E-state index >= 15 is 0 Å². The van der Waals surface area contributed by atoms with Crippen molar-refractivity contribution in [2.45, 2.75) is 26.2 Å². The summed E-state index contributed by atoms with van der Waals surface area (Å²) in [5, 5.41) is 0. The summed E-state index contributed by atoms with van der Waals surface area (Å²) in [7, 11) is 0. The zero-order valence-corrected chi connectivity index (χ0v) is 12.5. The SMILES string of the molecule is CC(C)(C)c1ccc(Oc2cccc(C(N)=O)c2N)cc1. The van der Waals surface area contributed by atoms with Gasteiger partial charge in [-0.05, 0) is 35.2 Å². The van der Waals surface area contributed by atoms with Crippen molar-refractivity contribution in [2.75, 3.05) is 5.73 Å². The van der Waals surface area contributed by atoms with E-state index in [1.165, 1.54) is 5.56 Å². The summed E-state index contributed by atoms with van der Waals surface area (Å²) in [5.74, 6) is 0.521. The Balaban J connectivity index is 2.27. The van der Waals surface area contributed by atoms with Gasteiger partial charge in [-0.25, -0.2) is 0 Å². The Hall–Kier alpha value is -2.49. The molecule has 4 N–H and O–H groups in total. The smallest absolute Gasteiger partial charge is 0.250 e. The highest BCUT2D eigenvalue weighted by atomic mass is 16.5. The molecule has 0 heterocycles. The molecule has 0 aliphatic rings. The third-order valence-corrected chi connectivity index (χ3v) is 3.28. The van der Waals surface area contributed by atoms with Crippen LogP contribution in [0, 0.1) is 0 Å². The number of para-hydroxylation sites is 1. The van der Waals surface area contributed by atoms with Gasteiger partial charge < -0.3 is 16.2 Å². The van der Waals surface area contributed by atoms with E-state index in [1.54, 1.807) is 18.2 Å². The fourth-order valence-electron chi connectivity index (χ4n) is 2.00. The predicted molar refractivity (Wildman–Crippen MR) is 84.6 cm³/mol. The molecule has 0 aromatic heterocycles. The van der Waals surface area contributed by atoms with Crippen LogP contribution in [0.15, 0.2) is 42.5 Å². The maximum absolute atomic E-state index is 11.3. The zero-order chi connectivity index (χ0) is 15.6. The summed E-state index contributed by atoms with van der Waals surface area (Å²) < 4.78 is 5.73. The molecule has 4 heteroatoms. The van der Waals surface area contributed by atoms with Crippen LogP contribution in [0.4, 0.5) is 5.69 Å². The minimum absolute atomic E-state index is 0.0867. The van der Waals surface area contributed by atoms with E-state index in [1.807, 2.05) is 24.3 Å². The van der Waals surface area contributed by atoms with Gasteiger partial charge in [0.25, 0.3) is 5.91 Å². The summed E-state index contributed by atoms with van der Waals surface area (Å²) in [4.78, 5) is 11.3. The van der Waals surface area contributed by atoms with Crippen LogP contribution in [0.3, 0.4) is 0 Å². The highest BCUT2D eigenvalue weighted by Gasteiger charge is 2.14. The lowest BCUT2D eigenvalue weighted by Crippen LogP contribution is -2.13. The number of nitrogens with two attached hydrogens (primary N) is 2. The monoisotopic (exact) mass is 284 g/mol. The maximum atomic E-state index is 11.3. The number of hydrogen-bond donors (Lipinski definition) is 2. The lowest BCUT2D eigenvalue weighted by Gasteiger charge is -2.19. The first-order valence-electron chi connectivity index (χ1n) is 6.76. The third kappa shape index (κ3) is 3.34. The number of amides is 1. The maximum Gasteiger partial charge on any atom is 0.250 e. The topological polar surface area (TPSA) is 78.3 Å². The van der Waals surface area contributed by atoms with E-state index in [0.717, 1.165) is 0 Å². The van der Waals surface area contributed by atoms with Crippen LogP contribution >= 0.6 is 0 Å². The van der Waals surface area contributed by atoms with Crippen LogP contribution in [-0.4, -0.2) is 5.91 Å². The van der Waals surface area contributed by atoms with Crippen molar-refractivity contribution in [2.24, 2.45) is 5.73 Å². The van der Waals surface area contributed by atoms with Crippen molar-refractivity contribution >= 4 is 11.6 Å². The minimum Gasteiger partial charge on any atom is -0.455 e. The highest BCUT2D eigenvalue weighted by Crippen LogP contribution is 2.31. The van der Waals surface area contributed by atoms with E-state index in [-0.39, 0.29) is 16.7 Å². The number of nitrogen functional groups attached to an aromatic ring is 1. The van der Waals surface area contributed by atoms with Crippen LogP contribution in [0.25, 0.3) is 0 Å². The van der Waals surface area contributed by atoms with E-state index in [4.69, 9.17) is 16.2 Å². The first-order chi connectivity index (χ1) is 9.79. The molecular weight excluding hydrogens is 264 g/mol. The number of carbonyl (C=O) groups is 1. The number of primary amides is 1. The van der Waals surface area contributed by atoms with Crippen LogP contribution in [0.1, 0.15) is 36.7 Å². The number of rotatable bonds is 3. The van der Waals surface area contributed by atoms with Gasteiger partial charge in [0.15, 0.2) is 5.75 Å². The quantitative estimate of drug-likeness (QED) is 0.847. The van der Waals surface area contributed by atoms with Gasteiger partial charge in [-0.15, -0.1) is 0 Å². The third-order valence-electron chi connectivity index (χ3n) is 3.28. The zero-order valence-electron chi connectivity index (χ0n) is 12.5. The molecule has 21 heavy (non-hydrogen) atoms. The van der Waals surface area contributed by atoms with Gasteiger partial charge in [-0.3, -0.25) is 4.79 Å². The lowest BCUT2D eigenvalue weighted by molar-refractivity contribution is 0.100. The molecule has 0 saturated heterocycles. The molecule has 2 aromatic carbocycles. The van der Waals surface area contributed by atoms with Crippen LogP contribution < -0.4 is 16.2 Å². The van der Waals surface area contributed by atoms with E-state index in [2.05, 4.69) is 20.8 Å². The molecule has 1 amide bonds. The second-order valence-corrected chi connectivity index (χ2v) is 5.96. The number of hydrogen-bond acceptors (Lipinski definition) is 3. The van der Waals surface area contributed by atoms with E-state index < -0.39 is 5.91 Å². The minimum atomic E-state index is -0.568. The molecule has 110 valence electrons. The molecule has 2 rings (SSSR count). The van der Waals surface area contributed by atoms with Crippen molar-refractivity contribution in [3.63, 3.8) is 0 Å². The van der Waals surface area contributed by atoms with Gasteiger partial charge >= 0.3 is 0 Å². The molecule has 0 unspecified atom stereocenters. The lowest BCUT2D eigenvalue weighted by atomic mass is 9.87. The van der Waals surface area contributed by atoms with Crippen molar-refractivity contribution < 1.29 is 9.53 Å². The van der Waals surface area contributed by atoms with Gasteiger partial charge in [0, 0.05) is 0 Å². The number of carbonyl (C=O) groups excluding carboxylic acids is 1. The Labute approximate surface area is 124 Å². The van der Waals surface area contributed by atoms with Crippen LogP contribution in [-0.2, 0) is 5.41 Å². The molecular formula is C17H20N2O2. The second-order valence-electron chi connectivity index (χ2n) is 5.96. The van der Waals surface area contributed by atoms with Crippen LogP contribution in [0.5, 0.6) is 11.5 Å². The number of ether oxygens (including phenoxy) is 1. The molecule has 0 atom stereocenters. The Bertz CT molecular complexity index is 655. The average molecular weight is 284 g/mol. The van der Waals surface area contributed by atoms with Gasteiger partial charge in [0.05, 0.1) is 11.3 Å². The van der Waals surface area contributed by atoms with Gasteiger partial charge in [-0.1, -0.05) is 39.0 Å². The fourth-order valence-corrected chi connectivity index (χ4v) is 2.00. The molecule has 2 aromatic rings. The van der Waals surface area contributed by atoms with Crippen molar-refractivity contribution in [3.8, 4) is 11.5 Å². The van der Waals surface area contributed by atoms with E-state index in [9.17, 15) is 4.79 Å².